The third-order valence-electron chi connectivity index (χ3n) is 5.73. The Hall–Kier alpha value is -3.48. The highest BCUT2D eigenvalue weighted by atomic mass is 16.3. The van der Waals surface area contributed by atoms with Gasteiger partial charge in [-0.15, -0.1) is 0 Å². The Labute approximate surface area is 181 Å². The molecule has 0 aliphatic rings. The van der Waals surface area contributed by atoms with Crippen molar-refractivity contribution in [3.63, 3.8) is 0 Å². The van der Waals surface area contributed by atoms with Gasteiger partial charge in [-0.2, -0.15) is 0 Å². The number of aryl methyl sites for hydroxylation is 1. The number of amides is 1. The maximum Gasteiger partial charge on any atom is 0.236 e. The van der Waals surface area contributed by atoms with Crippen LogP contribution >= 0.6 is 0 Å². The van der Waals surface area contributed by atoms with E-state index < -0.39 is 5.60 Å². The van der Waals surface area contributed by atoms with Crippen molar-refractivity contribution in [3.8, 4) is 11.1 Å². The maximum absolute atomic E-state index is 12.1. The Kier molecular flexibility index (Phi) is 5.59. The van der Waals surface area contributed by atoms with E-state index >= 15 is 0 Å². The van der Waals surface area contributed by atoms with Crippen molar-refractivity contribution in [2.75, 3.05) is 20.1 Å². The third-order valence-corrected chi connectivity index (χ3v) is 5.73. The molecule has 31 heavy (non-hydrogen) atoms. The van der Waals surface area contributed by atoms with Crippen LogP contribution in [0, 0.1) is 6.92 Å². The Balaban J connectivity index is 1.75. The van der Waals surface area contributed by atoms with Crippen LogP contribution in [0.5, 0.6) is 0 Å². The van der Waals surface area contributed by atoms with Crippen molar-refractivity contribution >= 4 is 16.9 Å². The molecule has 158 valence electrons. The molecule has 2 aromatic heterocycles. The molecule has 4 aromatic rings. The molecule has 1 amide bonds. The second kappa shape index (κ2) is 8.34. The third kappa shape index (κ3) is 3.95. The van der Waals surface area contributed by atoms with Crippen LogP contribution in [0.1, 0.15) is 16.7 Å². The summed E-state index contributed by atoms with van der Waals surface area (Å²) in [5, 5.41) is 12.8. The first-order valence-corrected chi connectivity index (χ1v) is 10.2. The van der Waals surface area contributed by atoms with E-state index in [1.54, 1.807) is 13.2 Å². The van der Waals surface area contributed by atoms with Gasteiger partial charge in [0, 0.05) is 24.8 Å². The van der Waals surface area contributed by atoms with E-state index in [0.29, 0.717) is 5.56 Å². The lowest BCUT2D eigenvalue weighted by atomic mass is 9.84. The number of aromatic nitrogens is 2. The number of H-pyrrole nitrogens is 1. The molecule has 4 rings (SSSR count). The lowest BCUT2D eigenvalue weighted by molar-refractivity contribution is -0.131. The predicted octanol–water partition coefficient (Wildman–Crippen LogP) is 3.19. The lowest BCUT2D eigenvalue weighted by Gasteiger charge is -2.33. The molecule has 0 saturated carbocycles. The van der Waals surface area contributed by atoms with E-state index in [0.717, 1.165) is 33.3 Å². The number of nitrogens with zero attached hydrogens (tertiary/aromatic N) is 2. The lowest BCUT2D eigenvalue weighted by Crippen LogP contribution is -2.44. The number of hydrogen-bond acceptors (Lipinski definition) is 4. The summed E-state index contributed by atoms with van der Waals surface area (Å²) in [5.74, 6) is -0.228. The minimum Gasteiger partial charge on any atom is -0.379 e. The van der Waals surface area contributed by atoms with E-state index in [-0.39, 0.29) is 19.0 Å². The highest BCUT2D eigenvalue weighted by Crippen LogP contribution is 2.33. The van der Waals surface area contributed by atoms with Crippen LogP contribution in [-0.2, 0) is 10.4 Å². The van der Waals surface area contributed by atoms with E-state index in [4.69, 9.17) is 5.73 Å². The monoisotopic (exact) mass is 414 g/mol. The second-order valence-corrected chi connectivity index (χ2v) is 7.86. The summed E-state index contributed by atoms with van der Waals surface area (Å²) in [4.78, 5) is 21.1. The average Bonchev–Trinajstić information content (AvgIpc) is 3.28. The predicted molar refractivity (Wildman–Crippen MR) is 122 cm³/mol. The first kappa shape index (κ1) is 20.8. The van der Waals surface area contributed by atoms with Gasteiger partial charge in [0.15, 0.2) is 0 Å². The van der Waals surface area contributed by atoms with Crippen molar-refractivity contribution in [2.24, 2.45) is 5.73 Å². The number of aromatic amines is 1. The SMILES string of the molecule is Cc1ccc(C(O)(CN(C)C(=O)CN)c2ccc(-c3ccnc4[nH]ccc34)cc2)cc1. The van der Waals surface area contributed by atoms with Crippen molar-refractivity contribution in [3.05, 3.63) is 89.7 Å². The highest BCUT2D eigenvalue weighted by molar-refractivity contribution is 5.92. The number of likely N-dealkylation sites (N-methyl/N-ethyl adjacent to an activating group) is 1. The molecule has 0 aliphatic carbocycles. The molecule has 0 fully saturated rings. The zero-order valence-electron chi connectivity index (χ0n) is 17.7. The van der Waals surface area contributed by atoms with Gasteiger partial charge in [0.25, 0.3) is 0 Å². The van der Waals surface area contributed by atoms with Crippen LogP contribution in [0.2, 0.25) is 0 Å². The van der Waals surface area contributed by atoms with Gasteiger partial charge in [-0.25, -0.2) is 4.98 Å². The summed E-state index contributed by atoms with van der Waals surface area (Å²) < 4.78 is 0. The molecule has 6 heteroatoms. The molecule has 1 unspecified atom stereocenters. The largest absolute Gasteiger partial charge is 0.379 e. The van der Waals surface area contributed by atoms with Crippen LogP contribution in [-0.4, -0.2) is 46.0 Å². The van der Waals surface area contributed by atoms with Crippen LogP contribution in [0.4, 0.5) is 0 Å². The summed E-state index contributed by atoms with van der Waals surface area (Å²) in [6.07, 6.45) is 3.65. The van der Waals surface area contributed by atoms with Gasteiger partial charge in [-0.3, -0.25) is 4.79 Å². The quantitative estimate of drug-likeness (QED) is 0.452. The number of aliphatic hydroxyl groups is 1. The van der Waals surface area contributed by atoms with E-state index in [1.165, 1.54) is 4.90 Å². The first-order chi connectivity index (χ1) is 14.9. The zero-order valence-corrected chi connectivity index (χ0v) is 17.7. The normalized spacial score (nSPS) is 13.2. The molecule has 4 N–H and O–H groups in total. The first-order valence-electron chi connectivity index (χ1n) is 10.2. The molecule has 1 atom stereocenters. The highest BCUT2D eigenvalue weighted by Gasteiger charge is 2.34. The smallest absolute Gasteiger partial charge is 0.236 e. The zero-order chi connectivity index (χ0) is 22.0. The number of carbonyl (C=O) groups is 1. The van der Waals surface area contributed by atoms with Crippen LogP contribution in [0.3, 0.4) is 0 Å². The minimum atomic E-state index is -1.37. The topological polar surface area (TPSA) is 95.2 Å². The molecule has 0 saturated heterocycles. The molecule has 0 radical (unpaired) electrons. The van der Waals surface area contributed by atoms with Crippen molar-refractivity contribution in [2.45, 2.75) is 12.5 Å². The average molecular weight is 415 g/mol. The van der Waals surface area contributed by atoms with E-state index in [9.17, 15) is 9.90 Å². The second-order valence-electron chi connectivity index (χ2n) is 7.86. The fraction of sp³-hybridized carbons (Fsp3) is 0.200. The van der Waals surface area contributed by atoms with Crippen LogP contribution in [0.15, 0.2) is 73.1 Å². The number of hydrogen-bond donors (Lipinski definition) is 3. The van der Waals surface area contributed by atoms with Crippen molar-refractivity contribution < 1.29 is 9.90 Å². The van der Waals surface area contributed by atoms with Crippen LogP contribution < -0.4 is 5.73 Å². The Morgan fingerprint density at radius 2 is 1.71 bits per heavy atom. The fourth-order valence-electron chi connectivity index (χ4n) is 3.90. The molecule has 2 heterocycles. The summed E-state index contributed by atoms with van der Waals surface area (Å²) in [6.45, 7) is 2.00. The summed E-state index contributed by atoms with van der Waals surface area (Å²) in [7, 11) is 1.66. The summed E-state index contributed by atoms with van der Waals surface area (Å²) >= 11 is 0. The Morgan fingerprint density at radius 1 is 1.06 bits per heavy atom. The Morgan fingerprint density at radius 3 is 2.35 bits per heavy atom. The number of benzene rings is 2. The molecule has 0 aliphatic heterocycles. The van der Waals surface area contributed by atoms with Gasteiger partial charge in [-0.1, -0.05) is 54.1 Å². The van der Waals surface area contributed by atoms with Gasteiger partial charge in [0.2, 0.25) is 5.91 Å². The Bertz CT molecular complexity index is 1200. The number of rotatable bonds is 6. The molecule has 0 spiro atoms. The number of pyridine rings is 1. The van der Waals surface area contributed by atoms with E-state index in [1.807, 2.05) is 73.8 Å². The van der Waals surface area contributed by atoms with Crippen molar-refractivity contribution in [1.82, 2.24) is 14.9 Å². The molecular formula is C25H26N4O2. The maximum atomic E-state index is 12.1. The summed E-state index contributed by atoms with van der Waals surface area (Å²) in [5.41, 5.74) is 9.60. The minimum absolute atomic E-state index is 0.1000. The molecule has 0 bridgehead atoms. The van der Waals surface area contributed by atoms with E-state index in [2.05, 4.69) is 9.97 Å². The van der Waals surface area contributed by atoms with Gasteiger partial charge in [0.05, 0.1) is 13.1 Å². The fourth-order valence-corrected chi connectivity index (χ4v) is 3.90. The van der Waals surface area contributed by atoms with Gasteiger partial charge in [-0.05, 0) is 41.3 Å². The molecular weight excluding hydrogens is 388 g/mol. The standard InChI is InChI=1S/C25H26N4O2/c1-17-3-7-19(8-4-17)25(31,16-29(2)23(30)15-26)20-9-5-18(6-10-20)21-11-13-27-24-22(21)12-14-28-24/h3-14,31H,15-16,26H2,1-2H3,(H,27,28). The van der Waals surface area contributed by atoms with Crippen LogP contribution in [0.25, 0.3) is 22.2 Å². The molecule has 2 aromatic carbocycles. The number of nitrogens with one attached hydrogen (secondary N) is 1. The number of nitrogens with two attached hydrogens (primary N) is 1. The van der Waals surface area contributed by atoms with Crippen molar-refractivity contribution in [1.29, 1.82) is 0 Å². The summed E-state index contributed by atoms with van der Waals surface area (Å²) in [6, 6.07) is 19.5. The molecule has 6 nitrogen and oxygen atoms in total. The van der Waals surface area contributed by atoms with Gasteiger partial charge in [0.1, 0.15) is 11.2 Å². The number of fused-ring (bicyclic) bond motifs is 1. The van der Waals surface area contributed by atoms with Gasteiger partial charge < -0.3 is 20.7 Å². The van der Waals surface area contributed by atoms with Gasteiger partial charge >= 0.3 is 0 Å². The number of carbonyl (C=O) groups excluding carboxylic acids is 1.